The highest BCUT2D eigenvalue weighted by Crippen LogP contribution is 2.26. The predicted molar refractivity (Wildman–Crippen MR) is 79.5 cm³/mol. The first kappa shape index (κ1) is 15.6. The fourth-order valence-electron chi connectivity index (χ4n) is 2.20. The van der Waals surface area contributed by atoms with Crippen LogP contribution in [-0.2, 0) is 0 Å². The molecule has 0 saturated heterocycles. The first-order chi connectivity index (χ1) is 8.60. The molecule has 18 heavy (non-hydrogen) atoms. The lowest BCUT2D eigenvalue weighted by Crippen LogP contribution is -2.34. The maximum absolute atomic E-state index is 13.3. The van der Waals surface area contributed by atoms with E-state index in [4.69, 9.17) is 0 Å². The van der Waals surface area contributed by atoms with E-state index in [-0.39, 0.29) is 5.82 Å². The summed E-state index contributed by atoms with van der Waals surface area (Å²) in [5.41, 5.74) is 1.19. The minimum Gasteiger partial charge on any atom is -0.313 e. The second kappa shape index (κ2) is 7.90. The molecule has 3 heteroatoms. The van der Waals surface area contributed by atoms with Gasteiger partial charge in [-0.2, -0.15) is 0 Å². The van der Waals surface area contributed by atoms with E-state index >= 15 is 0 Å². The van der Waals surface area contributed by atoms with Crippen molar-refractivity contribution in [2.75, 3.05) is 6.54 Å². The van der Waals surface area contributed by atoms with Crippen LogP contribution in [0.15, 0.2) is 22.7 Å². The molecule has 1 rings (SSSR count). The molecule has 2 atom stereocenters. The summed E-state index contributed by atoms with van der Waals surface area (Å²) in [4.78, 5) is 0. The van der Waals surface area contributed by atoms with Gasteiger partial charge in [-0.25, -0.2) is 4.39 Å². The third-order valence-electron chi connectivity index (χ3n) is 3.33. The summed E-state index contributed by atoms with van der Waals surface area (Å²) < 4.78 is 13.8. The summed E-state index contributed by atoms with van der Waals surface area (Å²) in [5.74, 6) is 0.202. The Kier molecular flexibility index (Phi) is 6.87. The van der Waals surface area contributed by atoms with Crippen LogP contribution in [-0.4, -0.2) is 12.6 Å². The van der Waals surface area contributed by atoms with Gasteiger partial charge in [0.25, 0.3) is 0 Å². The molecule has 0 aliphatic heterocycles. The molecule has 0 aromatic heterocycles. The highest BCUT2D eigenvalue weighted by Gasteiger charge is 2.18. The van der Waals surface area contributed by atoms with Gasteiger partial charge in [-0.05, 0) is 58.9 Å². The summed E-state index contributed by atoms with van der Waals surface area (Å²) >= 11 is 3.26. The molecule has 0 heterocycles. The lowest BCUT2D eigenvalue weighted by atomic mass is 9.90. The van der Waals surface area contributed by atoms with Crippen molar-refractivity contribution in [3.05, 3.63) is 34.1 Å². The maximum Gasteiger partial charge on any atom is 0.137 e. The number of halogens is 2. The molecular weight excluding hydrogens is 293 g/mol. The van der Waals surface area contributed by atoms with Crippen LogP contribution in [0.4, 0.5) is 4.39 Å². The van der Waals surface area contributed by atoms with Gasteiger partial charge in [-0.15, -0.1) is 0 Å². The molecule has 0 spiro atoms. The molecule has 0 radical (unpaired) electrons. The Labute approximate surface area is 118 Å². The molecule has 0 amide bonds. The zero-order valence-corrected chi connectivity index (χ0v) is 13.1. The Balaban J connectivity index is 2.79. The van der Waals surface area contributed by atoms with Crippen LogP contribution in [0.3, 0.4) is 0 Å². The Bertz CT molecular complexity index is 368. The van der Waals surface area contributed by atoms with Crippen LogP contribution in [0.1, 0.15) is 51.5 Å². The maximum atomic E-state index is 13.3. The van der Waals surface area contributed by atoms with Gasteiger partial charge in [0.15, 0.2) is 0 Å². The topological polar surface area (TPSA) is 12.0 Å². The number of rotatable bonds is 7. The van der Waals surface area contributed by atoms with E-state index in [1.807, 2.05) is 12.1 Å². The van der Waals surface area contributed by atoms with Crippen molar-refractivity contribution >= 4 is 15.9 Å². The van der Waals surface area contributed by atoms with Gasteiger partial charge in [-0.3, -0.25) is 0 Å². The third kappa shape index (κ3) is 4.36. The van der Waals surface area contributed by atoms with Gasteiger partial charge in [0.2, 0.25) is 0 Å². The van der Waals surface area contributed by atoms with Gasteiger partial charge in [0.05, 0.1) is 4.47 Å². The van der Waals surface area contributed by atoms with Crippen LogP contribution < -0.4 is 5.32 Å². The van der Waals surface area contributed by atoms with Crippen molar-refractivity contribution in [2.45, 2.75) is 52.0 Å². The lowest BCUT2D eigenvalue weighted by Gasteiger charge is -2.25. The first-order valence-electron chi connectivity index (χ1n) is 6.78. The van der Waals surface area contributed by atoms with Crippen molar-refractivity contribution < 1.29 is 4.39 Å². The normalized spacial score (nSPS) is 14.5. The average molecular weight is 316 g/mol. The molecule has 1 aromatic rings. The van der Waals surface area contributed by atoms with Crippen LogP contribution in [0, 0.1) is 5.82 Å². The Hall–Kier alpha value is -0.410. The average Bonchev–Trinajstić information content (AvgIpc) is 2.37. The molecule has 0 bridgehead atoms. The van der Waals surface area contributed by atoms with Gasteiger partial charge < -0.3 is 5.32 Å². The number of hydrogen-bond acceptors (Lipinski definition) is 1. The van der Waals surface area contributed by atoms with E-state index in [2.05, 4.69) is 42.0 Å². The minimum absolute atomic E-state index is 0.195. The molecule has 0 aliphatic rings. The molecule has 0 aliphatic carbocycles. The number of nitrogens with one attached hydrogen (secondary N) is 1. The SMILES string of the molecule is CCCNC(CCC)C(C)c1ccc(F)c(Br)c1. The smallest absolute Gasteiger partial charge is 0.137 e. The molecule has 2 unspecified atom stereocenters. The second-order valence-electron chi connectivity index (χ2n) is 4.81. The fourth-order valence-corrected chi connectivity index (χ4v) is 2.59. The summed E-state index contributed by atoms with van der Waals surface area (Å²) in [6, 6.07) is 5.79. The van der Waals surface area contributed by atoms with Gasteiger partial charge in [0.1, 0.15) is 5.82 Å². The summed E-state index contributed by atoms with van der Waals surface area (Å²) in [7, 11) is 0. The van der Waals surface area contributed by atoms with Crippen LogP contribution in [0.5, 0.6) is 0 Å². The van der Waals surface area contributed by atoms with E-state index < -0.39 is 0 Å². The van der Waals surface area contributed by atoms with Crippen molar-refractivity contribution in [3.8, 4) is 0 Å². The molecule has 1 N–H and O–H groups in total. The summed E-state index contributed by atoms with van der Waals surface area (Å²) in [6.07, 6.45) is 3.45. The standard InChI is InChI=1S/C15H23BrFN/c1-4-6-15(18-9-5-2)11(3)12-7-8-14(17)13(16)10-12/h7-8,10-11,15,18H,4-6,9H2,1-3H3. The van der Waals surface area contributed by atoms with Crippen molar-refractivity contribution in [3.63, 3.8) is 0 Å². The number of benzene rings is 1. The Morgan fingerprint density at radius 3 is 2.56 bits per heavy atom. The molecule has 1 nitrogen and oxygen atoms in total. The molecule has 102 valence electrons. The van der Waals surface area contributed by atoms with Gasteiger partial charge in [-0.1, -0.05) is 33.3 Å². The van der Waals surface area contributed by atoms with E-state index in [0.717, 1.165) is 25.8 Å². The van der Waals surface area contributed by atoms with E-state index in [9.17, 15) is 4.39 Å². The van der Waals surface area contributed by atoms with Crippen LogP contribution in [0.25, 0.3) is 0 Å². The second-order valence-corrected chi connectivity index (χ2v) is 5.67. The highest BCUT2D eigenvalue weighted by molar-refractivity contribution is 9.10. The summed E-state index contributed by atoms with van der Waals surface area (Å²) in [5, 5.41) is 3.59. The zero-order chi connectivity index (χ0) is 13.5. The Morgan fingerprint density at radius 1 is 1.28 bits per heavy atom. The fraction of sp³-hybridized carbons (Fsp3) is 0.600. The van der Waals surface area contributed by atoms with Crippen molar-refractivity contribution in [1.29, 1.82) is 0 Å². The van der Waals surface area contributed by atoms with Gasteiger partial charge in [0, 0.05) is 6.04 Å². The predicted octanol–water partition coefficient (Wildman–Crippen LogP) is 4.86. The van der Waals surface area contributed by atoms with E-state index in [0.29, 0.717) is 16.4 Å². The molecular formula is C15H23BrFN. The minimum atomic E-state index is -0.195. The largest absolute Gasteiger partial charge is 0.313 e. The van der Waals surface area contributed by atoms with Crippen LogP contribution >= 0.6 is 15.9 Å². The third-order valence-corrected chi connectivity index (χ3v) is 3.94. The molecule has 0 saturated carbocycles. The molecule has 1 aromatic carbocycles. The monoisotopic (exact) mass is 315 g/mol. The van der Waals surface area contributed by atoms with Crippen LogP contribution in [0.2, 0.25) is 0 Å². The first-order valence-corrected chi connectivity index (χ1v) is 7.57. The number of hydrogen-bond donors (Lipinski definition) is 1. The van der Waals surface area contributed by atoms with E-state index in [1.54, 1.807) is 6.07 Å². The quantitative estimate of drug-likeness (QED) is 0.757. The van der Waals surface area contributed by atoms with Crippen molar-refractivity contribution in [1.82, 2.24) is 5.32 Å². The van der Waals surface area contributed by atoms with E-state index in [1.165, 1.54) is 5.56 Å². The van der Waals surface area contributed by atoms with Crippen molar-refractivity contribution in [2.24, 2.45) is 0 Å². The molecule has 0 fully saturated rings. The van der Waals surface area contributed by atoms with Gasteiger partial charge >= 0.3 is 0 Å². The Morgan fingerprint density at radius 2 is 2.00 bits per heavy atom. The lowest BCUT2D eigenvalue weighted by molar-refractivity contribution is 0.420. The zero-order valence-electron chi connectivity index (χ0n) is 11.5. The highest BCUT2D eigenvalue weighted by atomic mass is 79.9. The summed E-state index contributed by atoms with van der Waals surface area (Å²) in [6.45, 7) is 7.63.